The van der Waals surface area contributed by atoms with Crippen LogP contribution in [0.25, 0.3) is 0 Å². The summed E-state index contributed by atoms with van der Waals surface area (Å²) in [7, 11) is 1.57. The Morgan fingerprint density at radius 1 is 1.26 bits per heavy atom. The zero-order valence-electron chi connectivity index (χ0n) is 13.8. The first-order chi connectivity index (χ1) is 11.1. The molecule has 0 saturated carbocycles. The van der Waals surface area contributed by atoms with Gasteiger partial charge in [0.2, 0.25) is 5.88 Å². The number of pyridine rings is 1. The number of carbonyl (C=O) groups excluding carboxylic acids is 1. The Kier molecular flexibility index (Phi) is 5.97. The van der Waals surface area contributed by atoms with Crippen molar-refractivity contribution in [3.8, 4) is 5.88 Å². The van der Waals surface area contributed by atoms with E-state index in [1.54, 1.807) is 13.3 Å². The number of hydrogen-bond donors (Lipinski definition) is 2. The van der Waals surface area contributed by atoms with Crippen molar-refractivity contribution < 1.29 is 9.53 Å². The van der Waals surface area contributed by atoms with Gasteiger partial charge < -0.3 is 15.4 Å². The molecule has 5 nitrogen and oxygen atoms in total. The second-order valence-electron chi connectivity index (χ2n) is 5.37. The van der Waals surface area contributed by atoms with E-state index >= 15 is 0 Å². The van der Waals surface area contributed by atoms with E-state index in [1.165, 1.54) is 5.56 Å². The minimum absolute atomic E-state index is 0.00797. The van der Waals surface area contributed by atoms with Gasteiger partial charge in [-0.3, -0.25) is 0 Å². The molecule has 1 heterocycles. The maximum Gasteiger partial charge on any atom is 0.315 e. The van der Waals surface area contributed by atoms with E-state index in [-0.39, 0.29) is 12.1 Å². The van der Waals surface area contributed by atoms with Crippen LogP contribution in [0.15, 0.2) is 42.6 Å². The number of nitrogens with zero attached hydrogens (tertiary/aromatic N) is 1. The van der Waals surface area contributed by atoms with Crippen LogP contribution in [0.1, 0.15) is 36.1 Å². The summed E-state index contributed by atoms with van der Waals surface area (Å²) in [5.74, 6) is 0.526. The number of carbonyl (C=O) groups is 1. The van der Waals surface area contributed by atoms with Crippen LogP contribution in [0.5, 0.6) is 5.88 Å². The lowest BCUT2D eigenvalue weighted by Gasteiger charge is -2.18. The van der Waals surface area contributed by atoms with Crippen LogP contribution in [0.4, 0.5) is 4.79 Å². The Labute approximate surface area is 137 Å². The molecule has 0 saturated heterocycles. The zero-order chi connectivity index (χ0) is 16.7. The van der Waals surface area contributed by atoms with Gasteiger partial charge in [-0.15, -0.1) is 0 Å². The van der Waals surface area contributed by atoms with E-state index in [0.717, 1.165) is 17.5 Å². The maximum atomic E-state index is 12.1. The molecule has 122 valence electrons. The molecule has 23 heavy (non-hydrogen) atoms. The van der Waals surface area contributed by atoms with Crippen LogP contribution in [-0.2, 0) is 6.54 Å². The van der Waals surface area contributed by atoms with Gasteiger partial charge in [0, 0.05) is 18.3 Å². The molecule has 0 fully saturated rings. The van der Waals surface area contributed by atoms with E-state index in [2.05, 4.69) is 34.7 Å². The molecular weight excluding hydrogens is 290 g/mol. The van der Waals surface area contributed by atoms with E-state index in [0.29, 0.717) is 12.4 Å². The summed E-state index contributed by atoms with van der Waals surface area (Å²) in [5, 5.41) is 5.85. The molecule has 2 rings (SSSR count). The van der Waals surface area contributed by atoms with Gasteiger partial charge in [-0.1, -0.05) is 42.8 Å². The molecule has 0 unspecified atom stereocenters. The quantitative estimate of drug-likeness (QED) is 0.859. The second-order valence-corrected chi connectivity index (χ2v) is 5.37. The van der Waals surface area contributed by atoms with Gasteiger partial charge in [0.1, 0.15) is 0 Å². The molecule has 2 aromatic rings. The largest absolute Gasteiger partial charge is 0.481 e. The summed E-state index contributed by atoms with van der Waals surface area (Å²) in [5.41, 5.74) is 3.15. The van der Waals surface area contributed by atoms with Crippen molar-refractivity contribution in [1.29, 1.82) is 0 Å². The van der Waals surface area contributed by atoms with Crippen molar-refractivity contribution in [1.82, 2.24) is 15.6 Å². The number of rotatable bonds is 6. The monoisotopic (exact) mass is 313 g/mol. The first-order valence-electron chi connectivity index (χ1n) is 7.72. The molecule has 0 aliphatic carbocycles. The predicted molar refractivity (Wildman–Crippen MR) is 90.4 cm³/mol. The number of aryl methyl sites for hydroxylation is 1. The third-order valence-corrected chi connectivity index (χ3v) is 3.68. The van der Waals surface area contributed by atoms with Crippen molar-refractivity contribution in [2.75, 3.05) is 7.11 Å². The average molecular weight is 313 g/mol. The summed E-state index contributed by atoms with van der Waals surface area (Å²) in [4.78, 5) is 16.3. The minimum atomic E-state index is -0.205. The number of benzene rings is 1. The van der Waals surface area contributed by atoms with E-state index in [4.69, 9.17) is 4.74 Å². The van der Waals surface area contributed by atoms with Gasteiger partial charge in [0.05, 0.1) is 13.2 Å². The highest BCUT2D eigenvalue weighted by atomic mass is 16.5. The van der Waals surface area contributed by atoms with E-state index in [1.807, 2.05) is 31.2 Å². The molecule has 0 radical (unpaired) electrons. The number of hydrogen-bond acceptors (Lipinski definition) is 3. The minimum Gasteiger partial charge on any atom is -0.481 e. The van der Waals surface area contributed by atoms with Gasteiger partial charge in [0.25, 0.3) is 0 Å². The summed E-state index contributed by atoms with van der Waals surface area (Å²) in [6.07, 6.45) is 2.49. The van der Waals surface area contributed by atoms with Gasteiger partial charge in [-0.2, -0.15) is 0 Å². The molecular formula is C18H23N3O2. The summed E-state index contributed by atoms with van der Waals surface area (Å²) in [6, 6.07) is 11.7. The number of nitrogens with one attached hydrogen (secondary N) is 2. The van der Waals surface area contributed by atoms with Crippen LogP contribution in [0.2, 0.25) is 0 Å². The molecule has 0 aliphatic rings. The van der Waals surface area contributed by atoms with E-state index in [9.17, 15) is 4.79 Å². The fraction of sp³-hybridized carbons (Fsp3) is 0.333. The number of aromatic nitrogens is 1. The highest BCUT2D eigenvalue weighted by Gasteiger charge is 2.13. The third-order valence-electron chi connectivity index (χ3n) is 3.68. The molecule has 1 aromatic heterocycles. The molecule has 1 aromatic carbocycles. The van der Waals surface area contributed by atoms with Gasteiger partial charge in [0.15, 0.2) is 0 Å². The first-order valence-corrected chi connectivity index (χ1v) is 7.72. The highest BCUT2D eigenvalue weighted by Crippen LogP contribution is 2.17. The highest BCUT2D eigenvalue weighted by molar-refractivity contribution is 5.74. The van der Waals surface area contributed by atoms with Crippen LogP contribution in [-0.4, -0.2) is 18.1 Å². The van der Waals surface area contributed by atoms with Crippen molar-refractivity contribution in [3.63, 3.8) is 0 Å². The Bertz CT molecular complexity index is 641. The van der Waals surface area contributed by atoms with Crippen LogP contribution < -0.4 is 15.4 Å². The van der Waals surface area contributed by atoms with Crippen molar-refractivity contribution >= 4 is 6.03 Å². The summed E-state index contributed by atoms with van der Waals surface area (Å²) < 4.78 is 5.18. The molecule has 0 spiro atoms. The molecule has 2 amide bonds. The average Bonchev–Trinajstić information content (AvgIpc) is 2.59. The summed E-state index contributed by atoms with van der Waals surface area (Å²) >= 11 is 0. The van der Waals surface area contributed by atoms with Crippen LogP contribution in [0, 0.1) is 6.92 Å². The van der Waals surface area contributed by atoms with Gasteiger partial charge in [-0.25, -0.2) is 9.78 Å². The number of methoxy groups -OCH3 is 1. The molecule has 0 aliphatic heterocycles. The fourth-order valence-electron chi connectivity index (χ4n) is 2.35. The molecule has 0 bridgehead atoms. The SMILES string of the molecule is CC[C@@H](NC(=O)NCc1cccnc1OC)c1ccc(C)cc1. The Balaban J connectivity index is 1.94. The topological polar surface area (TPSA) is 63.2 Å². The zero-order valence-corrected chi connectivity index (χ0v) is 13.8. The Morgan fingerprint density at radius 3 is 2.65 bits per heavy atom. The van der Waals surface area contributed by atoms with Crippen molar-refractivity contribution in [2.24, 2.45) is 0 Å². The number of amides is 2. The van der Waals surface area contributed by atoms with Crippen LogP contribution in [0.3, 0.4) is 0 Å². The third kappa shape index (κ3) is 4.71. The van der Waals surface area contributed by atoms with E-state index < -0.39 is 0 Å². The normalized spacial score (nSPS) is 11.6. The maximum absolute atomic E-state index is 12.1. The Morgan fingerprint density at radius 2 is 2.00 bits per heavy atom. The molecule has 2 N–H and O–H groups in total. The number of urea groups is 1. The lowest BCUT2D eigenvalue weighted by atomic mass is 10.0. The van der Waals surface area contributed by atoms with Crippen molar-refractivity contribution in [3.05, 3.63) is 59.3 Å². The van der Waals surface area contributed by atoms with Crippen LogP contribution >= 0.6 is 0 Å². The standard InChI is InChI=1S/C18H23N3O2/c1-4-16(14-9-7-13(2)8-10-14)21-18(22)20-12-15-6-5-11-19-17(15)23-3/h5-11,16H,4,12H2,1-3H3,(H2,20,21,22)/t16-/m1/s1. The van der Waals surface area contributed by atoms with Crippen molar-refractivity contribution in [2.45, 2.75) is 32.9 Å². The second kappa shape index (κ2) is 8.17. The molecule has 1 atom stereocenters. The van der Waals surface area contributed by atoms with Gasteiger partial charge in [-0.05, 0) is 25.0 Å². The lowest BCUT2D eigenvalue weighted by molar-refractivity contribution is 0.236. The van der Waals surface area contributed by atoms with Gasteiger partial charge >= 0.3 is 6.03 Å². The fourth-order valence-corrected chi connectivity index (χ4v) is 2.35. The Hall–Kier alpha value is -2.56. The number of ether oxygens (including phenoxy) is 1. The first kappa shape index (κ1) is 16.8. The lowest BCUT2D eigenvalue weighted by Crippen LogP contribution is -2.37. The smallest absolute Gasteiger partial charge is 0.315 e. The predicted octanol–water partition coefficient (Wildman–Crippen LogP) is 3.35. The summed E-state index contributed by atoms with van der Waals surface area (Å²) in [6.45, 7) is 4.47. The molecule has 5 heteroatoms.